The molecule has 0 saturated heterocycles. The molecule has 3 aromatic rings. The van der Waals surface area contributed by atoms with E-state index in [0.29, 0.717) is 22.7 Å². The largest absolute Gasteiger partial charge is 0.350 e. The molecular formula is C19H21FN4O2. The third-order valence-corrected chi connectivity index (χ3v) is 5.21. The Morgan fingerprint density at radius 3 is 2.77 bits per heavy atom. The standard InChI is InChI=1S/C19H21FN4O2/c1-12-21-18(23-26-12)19(8-4-3-5-9-19)22-17(25)15-11-24(2)16-7-6-13(20)10-14(15)16/h6-7,10-11H,3-5,8-9H2,1-2H3,(H,22,25). The van der Waals surface area contributed by atoms with Gasteiger partial charge in [0.15, 0.2) is 5.82 Å². The number of fused-ring (bicyclic) bond motifs is 1. The van der Waals surface area contributed by atoms with Crippen molar-refractivity contribution >= 4 is 16.8 Å². The maximum Gasteiger partial charge on any atom is 0.254 e. The SMILES string of the molecule is Cc1nc(C2(NC(=O)c3cn(C)c4ccc(F)cc34)CCCCC2)no1. The van der Waals surface area contributed by atoms with Crippen molar-refractivity contribution in [2.45, 2.75) is 44.6 Å². The van der Waals surface area contributed by atoms with Crippen LogP contribution in [0, 0.1) is 12.7 Å². The molecule has 1 fully saturated rings. The minimum atomic E-state index is -0.636. The van der Waals surface area contributed by atoms with Crippen LogP contribution in [0.2, 0.25) is 0 Å². The molecule has 26 heavy (non-hydrogen) atoms. The number of aromatic nitrogens is 3. The first-order valence-corrected chi connectivity index (χ1v) is 8.86. The van der Waals surface area contributed by atoms with Crippen molar-refractivity contribution in [3.63, 3.8) is 0 Å². The van der Waals surface area contributed by atoms with Gasteiger partial charge in [0.05, 0.1) is 5.56 Å². The van der Waals surface area contributed by atoms with E-state index in [0.717, 1.165) is 37.6 Å². The number of rotatable bonds is 3. The monoisotopic (exact) mass is 356 g/mol. The highest BCUT2D eigenvalue weighted by Crippen LogP contribution is 2.36. The molecule has 136 valence electrons. The van der Waals surface area contributed by atoms with Crippen LogP contribution in [-0.2, 0) is 12.6 Å². The van der Waals surface area contributed by atoms with E-state index in [2.05, 4.69) is 15.5 Å². The maximum absolute atomic E-state index is 13.7. The predicted molar refractivity (Wildman–Crippen MR) is 94.1 cm³/mol. The van der Waals surface area contributed by atoms with Crippen molar-refractivity contribution in [3.8, 4) is 0 Å². The Morgan fingerprint density at radius 1 is 1.31 bits per heavy atom. The van der Waals surface area contributed by atoms with E-state index in [1.54, 1.807) is 19.2 Å². The second-order valence-corrected chi connectivity index (χ2v) is 7.05. The van der Waals surface area contributed by atoms with Crippen LogP contribution in [0.5, 0.6) is 0 Å². The summed E-state index contributed by atoms with van der Waals surface area (Å²) in [5.41, 5.74) is 0.625. The number of hydrogen-bond acceptors (Lipinski definition) is 4. The summed E-state index contributed by atoms with van der Waals surface area (Å²) in [5, 5.41) is 7.81. The number of aryl methyl sites for hydroxylation is 2. The van der Waals surface area contributed by atoms with Crippen LogP contribution < -0.4 is 5.32 Å². The number of carbonyl (C=O) groups excluding carboxylic acids is 1. The molecule has 1 aliphatic rings. The van der Waals surface area contributed by atoms with Gasteiger partial charge in [-0.25, -0.2) is 4.39 Å². The minimum absolute atomic E-state index is 0.245. The maximum atomic E-state index is 13.7. The first kappa shape index (κ1) is 16.8. The highest BCUT2D eigenvalue weighted by molar-refractivity contribution is 6.07. The van der Waals surface area contributed by atoms with E-state index >= 15 is 0 Å². The molecule has 0 atom stereocenters. The topological polar surface area (TPSA) is 73.0 Å². The number of carbonyl (C=O) groups is 1. The second kappa shape index (κ2) is 6.23. The van der Waals surface area contributed by atoms with Gasteiger partial charge < -0.3 is 14.4 Å². The van der Waals surface area contributed by atoms with Crippen LogP contribution in [0.4, 0.5) is 4.39 Å². The summed E-state index contributed by atoms with van der Waals surface area (Å²) in [4.78, 5) is 17.5. The molecule has 7 heteroatoms. The van der Waals surface area contributed by atoms with Crippen molar-refractivity contribution in [1.82, 2.24) is 20.0 Å². The molecule has 2 aromatic heterocycles. The minimum Gasteiger partial charge on any atom is -0.350 e. The molecule has 1 N–H and O–H groups in total. The van der Waals surface area contributed by atoms with E-state index in [1.165, 1.54) is 12.1 Å². The Hall–Kier alpha value is -2.70. The quantitative estimate of drug-likeness (QED) is 0.778. The van der Waals surface area contributed by atoms with Gasteiger partial charge in [-0.05, 0) is 31.0 Å². The summed E-state index contributed by atoms with van der Waals surface area (Å²) in [7, 11) is 1.84. The number of nitrogens with one attached hydrogen (secondary N) is 1. The fraction of sp³-hybridized carbons (Fsp3) is 0.421. The lowest BCUT2D eigenvalue weighted by Crippen LogP contribution is -2.48. The van der Waals surface area contributed by atoms with Crippen LogP contribution in [0.3, 0.4) is 0 Å². The lowest BCUT2D eigenvalue weighted by molar-refractivity contribution is 0.0857. The lowest BCUT2D eigenvalue weighted by Gasteiger charge is -2.35. The van der Waals surface area contributed by atoms with Gasteiger partial charge in [0.2, 0.25) is 5.89 Å². The zero-order chi connectivity index (χ0) is 18.3. The average molecular weight is 356 g/mol. The van der Waals surface area contributed by atoms with Gasteiger partial charge in [-0.3, -0.25) is 4.79 Å². The smallest absolute Gasteiger partial charge is 0.254 e. The number of benzene rings is 1. The van der Waals surface area contributed by atoms with Crippen LogP contribution in [0.25, 0.3) is 10.9 Å². The number of amides is 1. The Bertz CT molecular complexity index is 969. The van der Waals surface area contributed by atoms with E-state index in [9.17, 15) is 9.18 Å². The van der Waals surface area contributed by atoms with E-state index in [4.69, 9.17) is 4.52 Å². The fourth-order valence-electron chi connectivity index (χ4n) is 3.88. The van der Waals surface area contributed by atoms with Crippen LogP contribution >= 0.6 is 0 Å². The summed E-state index contributed by atoms with van der Waals surface area (Å²) < 4.78 is 20.7. The zero-order valence-corrected chi connectivity index (χ0v) is 14.9. The van der Waals surface area contributed by atoms with Crippen LogP contribution in [0.1, 0.15) is 54.2 Å². The summed E-state index contributed by atoms with van der Waals surface area (Å²) in [6, 6.07) is 4.48. The molecule has 1 aliphatic carbocycles. The van der Waals surface area contributed by atoms with Gasteiger partial charge >= 0.3 is 0 Å². The van der Waals surface area contributed by atoms with Gasteiger partial charge in [-0.15, -0.1) is 0 Å². The Labute approximate surface area is 150 Å². The number of halogens is 1. The number of nitrogens with zero attached hydrogens (tertiary/aromatic N) is 3. The molecule has 0 spiro atoms. The first-order valence-electron chi connectivity index (χ1n) is 8.86. The zero-order valence-electron chi connectivity index (χ0n) is 14.9. The van der Waals surface area contributed by atoms with Gasteiger partial charge in [0.25, 0.3) is 5.91 Å². The van der Waals surface area contributed by atoms with Crippen molar-refractivity contribution in [3.05, 3.63) is 47.5 Å². The third kappa shape index (κ3) is 2.77. The third-order valence-electron chi connectivity index (χ3n) is 5.21. The molecule has 1 aromatic carbocycles. The number of hydrogen-bond donors (Lipinski definition) is 1. The molecular weight excluding hydrogens is 335 g/mol. The fourth-order valence-corrected chi connectivity index (χ4v) is 3.88. The summed E-state index contributed by atoms with van der Waals surface area (Å²) in [6.07, 6.45) is 6.34. The Balaban J connectivity index is 1.73. The highest BCUT2D eigenvalue weighted by atomic mass is 19.1. The molecule has 0 radical (unpaired) electrons. The molecule has 0 aliphatic heterocycles. The Kier molecular flexibility index (Phi) is 4.01. The highest BCUT2D eigenvalue weighted by Gasteiger charge is 2.40. The summed E-state index contributed by atoms with van der Waals surface area (Å²) >= 11 is 0. The van der Waals surface area contributed by atoms with Crippen LogP contribution in [-0.4, -0.2) is 20.6 Å². The molecule has 0 unspecified atom stereocenters. The van der Waals surface area contributed by atoms with Gasteiger partial charge in [-0.1, -0.05) is 24.4 Å². The summed E-state index contributed by atoms with van der Waals surface area (Å²) in [6.45, 7) is 1.74. The average Bonchev–Trinajstić information content (AvgIpc) is 3.20. The van der Waals surface area contributed by atoms with Crippen molar-refractivity contribution in [2.75, 3.05) is 0 Å². The molecule has 0 bridgehead atoms. The Morgan fingerprint density at radius 2 is 2.08 bits per heavy atom. The first-order chi connectivity index (χ1) is 12.5. The molecule has 2 heterocycles. The molecule has 1 saturated carbocycles. The molecule has 4 rings (SSSR count). The van der Waals surface area contributed by atoms with Gasteiger partial charge in [0.1, 0.15) is 11.4 Å². The molecule has 6 nitrogen and oxygen atoms in total. The van der Waals surface area contributed by atoms with E-state index < -0.39 is 5.54 Å². The summed E-state index contributed by atoms with van der Waals surface area (Å²) in [5.74, 6) is 0.394. The van der Waals surface area contributed by atoms with Gasteiger partial charge in [-0.2, -0.15) is 4.98 Å². The predicted octanol–water partition coefficient (Wildman–Crippen LogP) is 3.60. The van der Waals surface area contributed by atoms with Gasteiger partial charge in [0, 0.05) is 31.1 Å². The lowest BCUT2D eigenvalue weighted by atomic mass is 9.80. The van der Waals surface area contributed by atoms with E-state index in [-0.39, 0.29) is 11.7 Å². The van der Waals surface area contributed by atoms with Crippen molar-refractivity contribution in [1.29, 1.82) is 0 Å². The normalized spacial score (nSPS) is 16.7. The second-order valence-electron chi connectivity index (χ2n) is 7.05. The molecule has 1 amide bonds. The van der Waals surface area contributed by atoms with E-state index in [1.807, 2.05) is 11.6 Å². The van der Waals surface area contributed by atoms with Crippen LogP contribution in [0.15, 0.2) is 28.9 Å². The van der Waals surface area contributed by atoms with Crippen molar-refractivity contribution in [2.24, 2.45) is 7.05 Å². The van der Waals surface area contributed by atoms with Crippen molar-refractivity contribution < 1.29 is 13.7 Å².